The first-order chi connectivity index (χ1) is 4.33. The zero-order valence-corrected chi connectivity index (χ0v) is 7.29. The van der Waals surface area contributed by atoms with Gasteiger partial charge in [0.05, 0.1) is 0 Å². The fourth-order valence-electron chi connectivity index (χ4n) is 1.30. The molecule has 0 unspecified atom stereocenters. The van der Waals surface area contributed by atoms with E-state index in [9.17, 15) is 0 Å². The lowest BCUT2D eigenvalue weighted by molar-refractivity contribution is 0.230. The molecule has 1 saturated heterocycles. The third-order valence-electron chi connectivity index (χ3n) is 2.17. The summed E-state index contributed by atoms with van der Waals surface area (Å²) in [6.45, 7) is 2.61. The van der Waals surface area contributed by atoms with Crippen molar-refractivity contribution >= 4 is 16.3 Å². The van der Waals surface area contributed by atoms with Crippen LogP contribution in [0, 0.1) is 5.92 Å². The molecule has 2 radical (unpaired) electrons. The summed E-state index contributed by atoms with van der Waals surface area (Å²) in [4.78, 5) is 2.41. The van der Waals surface area contributed by atoms with Gasteiger partial charge in [-0.05, 0) is 33.0 Å². The molecule has 50 valence electrons. The van der Waals surface area contributed by atoms with Crippen molar-refractivity contribution in [3.8, 4) is 0 Å². The monoisotopic (exact) mass is 139 g/mol. The zero-order valence-electron chi connectivity index (χ0n) is 6.14. The molecule has 0 N–H and O–H groups in total. The predicted molar refractivity (Wildman–Crippen MR) is 40.8 cm³/mol. The molecule has 1 nitrogen and oxygen atoms in total. The average molecular weight is 139 g/mol. The number of rotatable bonds is 1. The Morgan fingerprint density at radius 3 is 2.44 bits per heavy atom. The Morgan fingerprint density at radius 2 is 2.00 bits per heavy atom. The maximum absolute atomic E-state index is 2.84. The molecule has 2 heteroatoms. The minimum atomic E-state index is 0.992. The molecule has 1 aliphatic heterocycles. The lowest BCUT2D eigenvalue weighted by Crippen LogP contribution is -2.29. The summed E-state index contributed by atoms with van der Waals surface area (Å²) in [6.07, 6.45) is 2.81. The first kappa shape index (κ1) is 7.60. The van der Waals surface area contributed by atoms with E-state index in [1.807, 2.05) is 0 Å². The Morgan fingerprint density at radius 1 is 1.44 bits per heavy atom. The molecule has 1 rings (SSSR count). The van der Waals surface area contributed by atoms with Gasteiger partial charge in [-0.2, -0.15) is 0 Å². The number of hydrogen-bond donors (Lipinski definition) is 0. The maximum Gasteiger partial charge on any atom is 0.118 e. The van der Waals surface area contributed by atoms with E-state index in [4.69, 9.17) is 0 Å². The highest BCUT2D eigenvalue weighted by Gasteiger charge is 2.13. The number of likely N-dealkylation sites (tertiary alicyclic amines) is 1. The van der Waals surface area contributed by atoms with Gasteiger partial charge < -0.3 is 4.90 Å². The largest absolute Gasteiger partial charge is 0.306 e. The van der Waals surface area contributed by atoms with Crippen LogP contribution >= 0.6 is 0 Å². The van der Waals surface area contributed by atoms with Crippen LogP contribution in [0.4, 0.5) is 0 Å². The molecule has 1 heterocycles. The van der Waals surface area contributed by atoms with Crippen LogP contribution in [0.1, 0.15) is 12.8 Å². The van der Waals surface area contributed by atoms with E-state index in [0.29, 0.717) is 0 Å². The molecule has 9 heavy (non-hydrogen) atoms. The topological polar surface area (TPSA) is 3.24 Å². The normalized spacial score (nSPS) is 24.6. The Labute approximate surface area is 65.8 Å². The molecule has 0 aliphatic carbocycles. The van der Waals surface area contributed by atoms with Crippen molar-refractivity contribution in [3.05, 3.63) is 0 Å². The van der Waals surface area contributed by atoms with Gasteiger partial charge in [0, 0.05) is 0 Å². The summed E-state index contributed by atoms with van der Waals surface area (Å²) < 4.78 is 0. The van der Waals surface area contributed by atoms with Crippen molar-refractivity contribution in [2.45, 2.75) is 18.1 Å². The van der Waals surface area contributed by atoms with Crippen molar-refractivity contribution in [2.24, 2.45) is 5.92 Å². The van der Waals surface area contributed by atoms with Gasteiger partial charge in [0.1, 0.15) is 16.3 Å². The summed E-state index contributed by atoms with van der Waals surface area (Å²) in [5.41, 5.74) is 0. The predicted octanol–water partition coefficient (Wildman–Crippen LogP) is 0.915. The molecule has 0 aromatic rings. The van der Waals surface area contributed by atoms with Crippen molar-refractivity contribution in [1.29, 1.82) is 0 Å². The minimum Gasteiger partial charge on any atom is -0.306 e. The average Bonchev–Trinajstić information content (AvgIpc) is 1.90. The highest BCUT2D eigenvalue weighted by molar-refractivity contribution is 6.08. The molecular formula is C7H14AlN. The van der Waals surface area contributed by atoms with Crippen LogP contribution in [0.2, 0.25) is 5.28 Å². The molecule has 0 bridgehead atoms. The van der Waals surface area contributed by atoms with Crippen LogP contribution in [0.3, 0.4) is 0 Å². The molecule has 0 spiro atoms. The fraction of sp³-hybridized carbons (Fsp3) is 1.00. The van der Waals surface area contributed by atoms with Gasteiger partial charge in [0.2, 0.25) is 0 Å². The maximum atomic E-state index is 2.84. The molecule has 0 aromatic heterocycles. The van der Waals surface area contributed by atoms with Crippen LogP contribution in [0.5, 0.6) is 0 Å². The van der Waals surface area contributed by atoms with Crippen LogP contribution in [-0.2, 0) is 0 Å². The molecule has 0 aromatic carbocycles. The molecule has 1 fully saturated rings. The minimum absolute atomic E-state index is 0.992. The van der Waals surface area contributed by atoms with Crippen LogP contribution < -0.4 is 0 Å². The zero-order chi connectivity index (χ0) is 6.69. The molecule has 1 aliphatic rings. The summed E-state index contributed by atoms with van der Waals surface area (Å²) >= 11 is 2.84. The van der Waals surface area contributed by atoms with E-state index in [-0.39, 0.29) is 0 Å². The highest BCUT2D eigenvalue weighted by atomic mass is 27.0. The van der Waals surface area contributed by atoms with E-state index in [0.717, 1.165) is 5.92 Å². The van der Waals surface area contributed by atoms with Crippen molar-refractivity contribution in [1.82, 2.24) is 4.90 Å². The lowest BCUT2D eigenvalue weighted by atomic mass is 9.99. The molecule has 0 amide bonds. The van der Waals surface area contributed by atoms with E-state index in [1.54, 1.807) is 0 Å². The van der Waals surface area contributed by atoms with Crippen molar-refractivity contribution in [2.75, 3.05) is 20.1 Å². The number of piperidine rings is 1. The van der Waals surface area contributed by atoms with Gasteiger partial charge in [-0.15, -0.1) is 5.28 Å². The Hall–Kier alpha value is 0.492. The van der Waals surface area contributed by atoms with Gasteiger partial charge in [0.15, 0.2) is 0 Å². The summed E-state index contributed by atoms with van der Waals surface area (Å²) in [6, 6.07) is 0. The van der Waals surface area contributed by atoms with Crippen LogP contribution in [0.15, 0.2) is 0 Å². The summed E-state index contributed by atoms with van der Waals surface area (Å²) in [7, 11) is 2.21. The number of nitrogens with zero attached hydrogens (tertiary/aromatic N) is 1. The lowest BCUT2D eigenvalue weighted by Gasteiger charge is -2.28. The first-order valence-corrected chi connectivity index (χ1v) is 4.53. The van der Waals surface area contributed by atoms with E-state index < -0.39 is 0 Å². The van der Waals surface area contributed by atoms with Crippen molar-refractivity contribution < 1.29 is 0 Å². The Kier molecular flexibility index (Phi) is 3.05. The molecular weight excluding hydrogens is 125 g/mol. The fourth-order valence-corrected chi connectivity index (χ4v) is 1.77. The summed E-state index contributed by atoms with van der Waals surface area (Å²) in [5, 5.41) is 1.30. The van der Waals surface area contributed by atoms with E-state index >= 15 is 0 Å². The molecule has 0 atom stereocenters. The molecule has 0 saturated carbocycles. The second-order valence-electron chi connectivity index (χ2n) is 2.98. The standard InChI is InChI=1S/C7H14N.Al/c1-7-3-5-8(2)6-4-7;/h7H,1,3-6H2,2H3;. The second-order valence-corrected chi connectivity index (χ2v) is 3.45. The third kappa shape index (κ3) is 2.29. The van der Waals surface area contributed by atoms with Crippen LogP contribution in [-0.4, -0.2) is 41.3 Å². The van der Waals surface area contributed by atoms with Crippen LogP contribution in [0.25, 0.3) is 0 Å². The van der Waals surface area contributed by atoms with E-state index in [2.05, 4.69) is 28.2 Å². The van der Waals surface area contributed by atoms with Crippen molar-refractivity contribution in [3.63, 3.8) is 0 Å². The highest BCUT2D eigenvalue weighted by Crippen LogP contribution is 2.17. The second kappa shape index (κ2) is 3.61. The number of hydrogen-bond acceptors (Lipinski definition) is 1. The smallest absolute Gasteiger partial charge is 0.118 e. The SMILES string of the molecule is CN1CCC([CH2][Al])CC1. The van der Waals surface area contributed by atoms with E-state index in [1.165, 1.54) is 31.2 Å². The van der Waals surface area contributed by atoms with Gasteiger partial charge in [0.25, 0.3) is 0 Å². The Balaban J connectivity index is 2.18. The third-order valence-corrected chi connectivity index (χ3v) is 2.84. The quantitative estimate of drug-likeness (QED) is 0.488. The Bertz CT molecular complexity index is 77.0. The van der Waals surface area contributed by atoms with Gasteiger partial charge >= 0.3 is 0 Å². The first-order valence-electron chi connectivity index (χ1n) is 3.71. The van der Waals surface area contributed by atoms with Gasteiger partial charge in [-0.1, -0.05) is 5.92 Å². The van der Waals surface area contributed by atoms with Gasteiger partial charge in [-0.3, -0.25) is 0 Å². The summed E-state index contributed by atoms with van der Waals surface area (Å²) in [5.74, 6) is 0.992. The van der Waals surface area contributed by atoms with Gasteiger partial charge in [-0.25, -0.2) is 0 Å².